The average Bonchev–Trinajstić information content (AvgIpc) is 2.85. The van der Waals surface area contributed by atoms with Crippen LogP contribution in [0, 0.1) is 0 Å². The van der Waals surface area contributed by atoms with E-state index in [9.17, 15) is 4.79 Å². The Hall–Kier alpha value is -2.41. The zero-order valence-corrected chi connectivity index (χ0v) is 18.6. The van der Waals surface area contributed by atoms with Crippen molar-refractivity contribution in [3.05, 3.63) is 65.7 Å². The van der Waals surface area contributed by atoms with Crippen LogP contribution >= 0.6 is 0 Å². The largest absolute Gasteiger partial charge is 0.497 e. The fraction of sp³-hybridized carbons (Fsp3) is 0.480. The molecule has 2 aromatic carbocycles. The molecule has 2 fully saturated rings. The highest BCUT2D eigenvalue weighted by Crippen LogP contribution is 2.30. The van der Waals surface area contributed by atoms with E-state index in [1.807, 2.05) is 24.0 Å². The maximum Gasteiger partial charge on any atom is 0.239 e. The fourth-order valence-electron chi connectivity index (χ4n) is 4.62. The Morgan fingerprint density at radius 3 is 2.06 bits per heavy atom. The number of nitrogens with zero attached hydrogens (tertiary/aromatic N) is 3. The Kier molecular flexibility index (Phi) is 7.22. The molecule has 4 rings (SSSR count). The lowest BCUT2D eigenvalue weighted by Gasteiger charge is -2.42. The van der Waals surface area contributed by atoms with Crippen LogP contribution in [0.15, 0.2) is 54.6 Å². The molecule has 0 saturated carbocycles. The molecule has 0 N–H and O–H groups in total. The molecule has 0 bridgehead atoms. The molecule has 1 amide bonds. The second kappa shape index (κ2) is 10.3. The van der Waals surface area contributed by atoms with Crippen molar-refractivity contribution in [3.63, 3.8) is 0 Å². The lowest BCUT2D eigenvalue weighted by molar-refractivity contribution is -0.140. The summed E-state index contributed by atoms with van der Waals surface area (Å²) >= 11 is 0. The van der Waals surface area contributed by atoms with Crippen molar-refractivity contribution in [2.45, 2.75) is 19.0 Å². The Balaban J connectivity index is 1.45. The van der Waals surface area contributed by atoms with Crippen LogP contribution in [0.1, 0.15) is 24.1 Å². The molecular formula is C25H33N3O3. The summed E-state index contributed by atoms with van der Waals surface area (Å²) in [6.07, 6.45) is 0. The van der Waals surface area contributed by atoms with E-state index < -0.39 is 0 Å². The van der Waals surface area contributed by atoms with Gasteiger partial charge in [-0.25, -0.2) is 0 Å². The van der Waals surface area contributed by atoms with Crippen LogP contribution in [0.2, 0.25) is 0 Å². The van der Waals surface area contributed by atoms with Gasteiger partial charge in [0.1, 0.15) is 5.75 Å². The monoisotopic (exact) mass is 423 g/mol. The van der Waals surface area contributed by atoms with Crippen LogP contribution in [0.5, 0.6) is 5.75 Å². The fourth-order valence-corrected chi connectivity index (χ4v) is 4.62. The minimum absolute atomic E-state index is 0.0815. The number of piperazine rings is 1. The van der Waals surface area contributed by atoms with Crippen LogP contribution in [0.25, 0.3) is 0 Å². The molecule has 2 aliphatic rings. The highest BCUT2D eigenvalue weighted by Gasteiger charge is 2.32. The summed E-state index contributed by atoms with van der Waals surface area (Å²) in [5.41, 5.74) is 2.52. The molecule has 2 aromatic rings. The number of amides is 1. The van der Waals surface area contributed by atoms with Gasteiger partial charge in [-0.3, -0.25) is 14.6 Å². The molecule has 2 aliphatic heterocycles. The van der Waals surface area contributed by atoms with Gasteiger partial charge in [0.2, 0.25) is 5.91 Å². The van der Waals surface area contributed by atoms with Gasteiger partial charge >= 0.3 is 0 Å². The number of hydrogen-bond donors (Lipinski definition) is 0. The zero-order chi connectivity index (χ0) is 21.6. The van der Waals surface area contributed by atoms with Gasteiger partial charge in [0.15, 0.2) is 0 Å². The molecule has 166 valence electrons. The Bertz CT molecular complexity index is 829. The Morgan fingerprint density at radius 1 is 0.839 bits per heavy atom. The summed E-state index contributed by atoms with van der Waals surface area (Å²) in [5, 5.41) is 0. The van der Waals surface area contributed by atoms with E-state index in [-0.39, 0.29) is 18.0 Å². The molecule has 2 atom stereocenters. The summed E-state index contributed by atoms with van der Waals surface area (Å²) in [5.74, 6) is 1.10. The number of rotatable bonds is 6. The number of methoxy groups -OCH3 is 1. The minimum Gasteiger partial charge on any atom is -0.497 e. The van der Waals surface area contributed by atoms with Gasteiger partial charge in [-0.2, -0.15) is 0 Å². The molecule has 6 nitrogen and oxygen atoms in total. The summed E-state index contributed by atoms with van der Waals surface area (Å²) in [7, 11) is 1.69. The van der Waals surface area contributed by atoms with Crippen molar-refractivity contribution >= 4 is 5.91 Å². The van der Waals surface area contributed by atoms with Gasteiger partial charge in [-0.1, -0.05) is 42.5 Å². The third-order valence-electron chi connectivity index (χ3n) is 6.49. The molecule has 0 aliphatic carbocycles. The molecule has 6 heteroatoms. The minimum atomic E-state index is -0.0815. The van der Waals surface area contributed by atoms with Crippen molar-refractivity contribution in [2.24, 2.45) is 0 Å². The predicted molar refractivity (Wildman–Crippen MR) is 121 cm³/mol. The van der Waals surface area contributed by atoms with E-state index in [4.69, 9.17) is 9.47 Å². The van der Waals surface area contributed by atoms with Crippen LogP contribution in [-0.2, 0) is 9.53 Å². The first-order valence-electron chi connectivity index (χ1n) is 11.2. The standard InChI is InChI=1S/C25H33N3O3/c1-20(26-16-18-31-19-17-26)25(29)28-14-12-27(13-15-28)24(21-6-4-3-5-7-21)22-8-10-23(30-2)11-9-22/h3-11,20,24H,12-19H2,1-2H3/t20-,24-/m1/s1. The lowest BCUT2D eigenvalue weighted by atomic mass is 9.96. The number of morpholine rings is 1. The van der Waals surface area contributed by atoms with Crippen molar-refractivity contribution in [2.75, 3.05) is 59.6 Å². The SMILES string of the molecule is COc1ccc([C@@H](c2ccccc2)N2CCN(C(=O)[C@@H](C)N3CCOCC3)CC2)cc1. The van der Waals surface area contributed by atoms with Gasteiger partial charge < -0.3 is 14.4 Å². The van der Waals surface area contributed by atoms with Gasteiger partial charge in [-0.05, 0) is 30.2 Å². The van der Waals surface area contributed by atoms with Crippen LogP contribution in [-0.4, -0.2) is 86.2 Å². The molecule has 0 aromatic heterocycles. The number of carbonyl (C=O) groups excluding carboxylic acids is 1. The van der Waals surface area contributed by atoms with Gasteiger partial charge in [0, 0.05) is 39.3 Å². The summed E-state index contributed by atoms with van der Waals surface area (Å²) in [6.45, 7) is 8.35. The maximum absolute atomic E-state index is 13.1. The Morgan fingerprint density at radius 2 is 1.45 bits per heavy atom. The quantitative estimate of drug-likeness (QED) is 0.715. The van der Waals surface area contributed by atoms with Crippen molar-refractivity contribution in [1.29, 1.82) is 0 Å². The maximum atomic E-state index is 13.1. The van der Waals surface area contributed by atoms with Crippen molar-refractivity contribution < 1.29 is 14.3 Å². The molecule has 0 spiro atoms. The molecule has 2 heterocycles. The number of hydrogen-bond acceptors (Lipinski definition) is 5. The molecule has 0 radical (unpaired) electrons. The highest BCUT2D eigenvalue weighted by atomic mass is 16.5. The number of benzene rings is 2. The van der Waals surface area contributed by atoms with E-state index in [2.05, 4.69) is 52.3 Å². The van der Waals surface area contributed by atoms with E-state index in [0.29, 0.717) is 13.2 Å². The summed E-state index contributed by atoms with van der Waals surface area (Å²) in [6, 6.07) is 19.0. The third kappa shape index (κ3) is 5.09. The second-order valence-corrected chi connectivity index (χ2v) is 8.27. The van der Waals surface area contributed by atoms with E-state index in [0.717, 1.165) is 45.0 Å². The zero-order valence-electron chi connectivity index (χ0n) is 18.6. The normalized spacial score (nSPS) is 20.3. The highest BCUT2D eigenvalue weighted by molar-refractivity contribution is 5.81. The molecular weight excluding hydrogens is 390 g/mol. The van der Waals surface area contributed by atoms with E-state index in [1.54, 1.807) is 7.11 Å². The average molecular weight is 424 g/mol. The van der Waals surface area contributed by atoms with Crippen LogP contribution in [0.4, 0.5) is 0 Å². The summed E-state index contributed by atoms with van der Waals surface area (Å²) in [4.78, 5) is 19.9. The number of ether oxygens (including phenoxy) is 2. The second-order valence-electron chi connectivity index (χ2n) is 8.27. The molecule has 0 unspecified atom stereocenters. The summed E-state index contributed by atoms with van der Waals surface area (Å²) < 4.78 is 10.8. The first kappa shape index (κ1) is 21.8. The van der Waals surface area contributed by atoms with Crippen LogP contribution in [0.3, 0.4) is 0 Å². The van der Waals surface area contributed by atoms with E-state index in [1.165, 1.54) is 11.1 Å². The van der Waals surface area contributed by atoms with Gasteiger partial charge in [-0.15, -0.1) is 0 Å². The van der Waals surface area contributed by atoms with Crippen molar-refractivity contribution in [3.8, 4) is 5.75 Å². The molecule has 2 saturated heterocycles. The molecule has 31 heavy (non-hydrogen) atoms. The first-order chi connectivity index (χ1) is 15.2. The predicted octanol–water partition coefficient (Wildman–Crippen LogP) is 2.65. The topological polar surface area (TPSA) is 45.2 Å². The third-order valence-corrected chi connectivity index (χ3v) is 6.49. The van der Waals surface area contributed by atoms with Gasteiger partial charge in [0.25, 0.3) is 0 Å². The first-order valence-corrected chi connectivity index (χ1v) is 11.2. The Labute approximate surface area is 185 Å². The lowest BCUT2D eigenvalue weighted by Crippen LogP contribution is -2.56. The number of carbonyl (C=O) groups is 1. The van der Waals surface area contributed by atoms with Crippen molar-refractivity contribution in [1.82, 2.24) is 14.7 Å². The smallest absolute Gasteiger partial charge is 0.239 e. The van der Waals surface area contributed by atoms with Gasteiger partial charge in [0.05, 0.1) is 32.4 Å². The van der Waals surface area contributed by atoms with E-state index >= 15 is 0 Å². The van der Waals surface area contributed by atoms with Crippen LogP contribution < -0.4 is 4.74 Å².